The van der Waals surface area contributed by atoms with Crippen molar-refractivity contribution in [1.29, 1.82) is 0 Å². The molecule has 3 aromatic carbocycles. The third-order valence-electron chi connectivity index (χ3n) is 5.81. The van der Waals surface area contributed by atoms with Crippen molar-refractivity contribution in [3.05, 3.63) is 120 Å². The van der Waals surface area contributed by atoms with E-state index in [1.165, 1.54) is 11.1 Å². The van der Waals surface area contributed by atoms with Gasteiger partial charge in [0.2, 0.25) is 0 Å². The van der Waals surface area contributed by atoms with Gasteiger partial charge < -0.3 is 9.55 Å². The van der Waals surface area contributed by atoms with Gasteiger partial charge >= 0.3 is 0 Å². The first-order chi connectivity index (χ1) is 16.6. The molecule has 0 unspecified atom stereocenters. The summed E-state index contributed by atoms with van der Waals surface area (Å²) in [6.45, 7) is 2.99. The zero-order valence-electron chi connectivity index (χ0n) is 18.9. The smallest absolute Gasteiger partial charge is 0.0560 e. The number of fused-ring (bicyclic) bond motifs is 3. The standard InChI is InChI=1S/C18H12F2N.C11H9N2.Ir/c1-12-11-21-18(15-8-7-14(19)9-17(15)20)10-16(12)13-5-3-2-4-6-13;1-2-4-10-9(3-1)5-7-13-8-6-12-11(10)13;/h2-7,9-11H,1H3;1-3,6,8H,5,7H2;/q2*-1;. The molecule has 177 valence electrons. The molecule has 0 aliphatic carbocycles. The normalized spacial score (nSPS) is 11.4. The van der Waals surface area contributed by atoms with Gasteiger partial charge in [0, 0.05) is 56.9 Å². The first-order valence-electron chi connectivity index (χ1n) is 11.0. The summed E-state index contributed by atoms with van der Waals surface area (Å²) in [6.07, 6.45) is 6.66. The first-order valence-corrected chi connectivity index (χ1v) is 11.0. The summed E-state index contributed by atoms with van der Waals surface area (Å²) >= 11 is 0. The van der Waals surface area contributed by atoms with Gasteiger partial charge in [0.1, 0.15) is 0 Å². The molecular formula is C29H21F2IrN3-2. The number of hydrogen-bond donors (Lipinski definition) is 0. The second kappa shape index (κ2) is 10.9. The average molecular weight is 642 g/mol. The summed E-state index contributed by atoms with van der Waals surface area (Å²) in [5.41, 5.74) is 6.14. The first kappa shape index (κ1) is 24.6. The Balaban J connectivity index is 0.000000177. The number of nitrogens with zero attached hydrogens (tertiary/aromatic N) is 3. The van der Waals surface area contributed by atoms with Crippen LogP contribution in [0.5, 0.6) is 0 Å². The second-order valence-corrected chi connectivity index (χ2v) is 8.06. The van der Waals surface area contributed by atoms with Crippen LogP contribution in [-0.2, 0) is 33.1 Å². The summed E-state index contributed by atoms with van der Waals surface area (Å²) < 4.78 is 29.0. The van der Waals surface area contributed by atoms with Gasteiger partial charge in [0.05, 0.1) is 5.82 Å². The predicted molar refractivity (Wildman–Crippen MR) is 129 cm³/mol. The van der Waals surface area contributed by atoms with E-state index in [9.17, 15) is 8.78 Å². The zero-order chi connectivity index (χ0) is 23.5. The summed E-state index contributed by atoms with van der Waals surface area (Å²) in [7, 11) is 0. The largest absolute Gasteiger partial charge is 0.371 e. The number of imidazole rings is 1. The van der Waals surface area contributed by atoms with Crippen LogP contribution in [0.25, 0.3) is 33.8 Å². The van der Waals surface area contributed by atoms with Gasteiger partial charge in [-0.05, 0) is 35.7 Å². The van der Waals surface area contributed by atoms with Gasteiger partial charge in [-0.1, -0.05) is 48.0 Å². The van der Waals surface area contributed by atoms with Crippen molar-refractivity contribution >= 4 is 0 Å². The average Bonchev–Trinajstić information content (AvgIpc) is 3.35. The Morgan fingerprint density at radius 2 is 1.77 bits per heavy atom. The minimum Gasteiger partial charge on any atom is -0.371 e. The van der Waals surface area contributed by atoms with Crippen molar-refractivity contribution in [2.24, 2.45) is 0 Å². The Labute approximate surface area is 216 Å². The Bertz CT molecular complexity index is 1450. The molecular weight excluding hydrogens is 621 g/mol. The van der Waals surface area contributed by atoms with Crippen LogP contribution in [0.1, 0.15) is 11.1 Å². The number of aromatic nitrogens is 3. The summed E-state index contributed by atoms with van der Waals surface area (Å²) in [5, 5.41) is 0. The van der Waals surface area contributed by atoms with Crippen LogP contribution in [-0.4, -0.2) is 14.5 Å². The van der Waals surface area contributed by atoms with Gasteiger partial charge in [0.25, 0.3) is 0 Å². The van der Waals surface area contributed by atoms with Gasteiger partial charge in [-0.15, -0.1) is 47.5 Å². The molecule has 35 heavy (non-hydrogen) atoms. The maximum Gasteiger partial charge on any atom is 0.0560 e. The molecule has 1 aliphatic rings. The third kappa shape index (κ3) is 5.29. The molecule has 0 bridgehead atoms. The second-order valence-electron chi connectivity index (χ2n) is 8.06. The minimum absolute atomic E-state index is 0. The Hall–Kier alpha value is -3.47. The van der Waals surface area contributed by atoms with Crippen LogP contribution in [0, 0.1) is 30.7 Å². The van der Waals surface area contributed by atoms with Crippen molar-refractivity contribution in [3.8, 4) is 33.8 Å². The number of halogens is 2. The van der Waals surface area contributed by atoms with Crippen LogP contribution in [0.4, 0.5) is 8.78 Å². The van der Waals surface area contributed by atoms with E-state index in [1.54, 1.807) is 12.3 Å². The molecule has 3 heterocycles. The fourth-order valence-electron chi connectivity index (χ4n) is 4.08. The van der Waals surface area contributed by atoms with Crippen LogP contribution in [0.15, 0.2) is 85.3 Å². The zero-order valence-corrected chi connectivity index (χ0v) is 21.3. The number of benzene rings is 3. The van der Waals surface area contributed by atoms with E-state index in [-0.39, 0.29) is 25.7 Å². The summed E-state index contributed by atoms with van der Waals surface area (Å²) in [5.74, 6) is -0.251. The molecule has 1 aliphatic heterocycles. The number of pyridine rings is 1. The van der Waals surface area contributed by atoms with Gasteiger partial charge in [-0.3, -0.25) is 13.8 Å². The van der Waals surface area contributed by atoms with Gasteiger partial charge in [-0.2, -0.15) is 0 Å². The molecule has 5 aromatic rings. The van der Waals surface area contributed by atoms with Crippen LogP contribution >= 0.6 is 0 Å². The van der Waals surface area contributed by atoms with E-state index in [0.29, 0.717) is 5.69 Å². The number of rotatable bonds is 2. The monoisotopic (exact) mass is 642 g/mol. The molecule has 1 radical (unpaired) electrons. The number of aryl methyl sites for hydroxylation is 3. The van der Waals surface area contributed by atoms with E-state index in [2.05, 4.69) is 32.7 Å². The predicted octanol–water partition coefficient (Wildman–Crippen LogP) is 6.71. The molecule has 2 aromatic heterocycles. The van der Waals surface area contributed by atoms with Crippen molar-refractivity contribution in [2.45, 2.75) is 19.9 Å². The molecule has 0 N–H and O–H groups in total. The minimum atomic E-state index is -0.662. The van der Waals surface area contributed by atoms with E-state index < -0.39 is 11.6 Å². The van der Waals surface area contributed by atoms with Crippen LogP contribution < -0.4 is 0 Å². The molecule has 0 spiro atoms. The van der Waals surface area contributed by atoms with E-state index in [4.69, 9.17) is 0 Å². The van der Waals surface area contributed by atoms with Crippen LogP contribution in [0.3, 0.4) is 0 Å². The molecule has 0 saturated heterocycles. The van der Waals surface area contributed by atoms with Crippen molar-refractivity contribution in [3.63, 3.8) is 0 Å². The van der Waals surface area contributed by atoms with Gasteiger partial charge in [0.15, 0.2) is 0 Å². The molecule has 3 nitrogen and oxygen atoms in total. The van der Waals surface area contributed by atoms with Crippen molar-refractivity contribution in [2.75, 3.05) is 0 Å². The van der Waals surface area contributed by atoms with Crippen molar-refractivity contribution < 1.29 is 28.9 Å². The summed E-state index contributed by atoms with van der Waals surface area (Å²) in [4.78, 5) is 8.56. The molecule has 6 heteroatoms. The van der Waals surface area contributed by atoms with E-state index >= 15 is 0 Å². The maximum atomic E-state index is 13.9. The quantitative estimate of drug-likeness (QED) is 0.201. The summed E-state index contributed by atoms with van der Waals surface area (Å²) in [6, 6.07) is 25.5. The molecule has 0 fully saturated rings. The van der Waals surface area contributed by atoms with E-state index in [0.717, 1.165) is 47.6 Å². The van der Waals surface area contributed by atoms with Crippen LogP contribution in [0.2, 0.25) is 0 Å². The molecule has 6 rings (SSSR count). The Morgan fingerprint density at radius 1 is 0.943 bits per heavy atom. The fraction of sp³-hybridized carbons (Fsp3) is 0.103. The topological polar surface area (TPSA) is 30.7 Å². The Kier molecular flexibility index (Phi) is 7.64. The maximum absolute atomic E-state index is 13.9. The molecule has 0 saturated carbocycles. The molecule has 0 atom stereocenters. The SMILES string of the molecule is Cc1cnc(-c2[c-]cc(F)cc2F)cc1-c1ccccc1.[Ir].[c-]1cccc2c1-c1nccn1CC2. The van der Waals surface area contributed by atoms with Crippen molar-refractivity contribution in [1.82, 2.24) is 14.5 Å². The Morgan fingerprint density at radius 3 is 2.57 bits per heavy atom. The third-order valence-corrected chi connectivity index (χ3v) is 5.81. The fourth-order valence-corrected chi connectivity index (χ4v) is 4.08. The molecule has 0 amide bonds. The van der Waals surface area contributed by atoms with E-state index in [1.807, 2.05) is 61.8 Å². The number of hydrogen-bond acceptors (Lipinski definition) is 2. The van der Waals surface area contributed by atoms with Gasteiger partial charge in [-0.25, -0.2) is 0 Å².